The van der Waals surface area contributed by atoms with Crippen molar-refractivity contribution >= 4 is 15.9 Å². The summed E-state index contributed by atoms with van der Waals surface area (Å²) in [6.07, 6.45) is 2.37. The van der Waals surface area contributed by atoms with Crippen molar-refractivity contribution in [1.29, 1.82) is 0 Å². The third-order valence-corrected chi connectivity index (χ3v) is 4.86. The Hall–Kier alpha value is -1.32. The number of phenolic OH excluding ortho intramolecular Hbond substituents is 1. The van der Waals surface area contributed by atoms with E-state index in [2.05, 4.69) is 58.5 Å². The molecule has 0 amide bonds. The second-order valence-corrected chi connectivity index (χ2v) is 6.82. The first-order valence-electron chi connectivity index (χ1n) is 7.42. The second kappa shape index (κ2) is 6.20. The fourth-order valence-electron chi connectivity index (χ4n) is 3.00. The molecular weight excluding hydrogens is 326 g/mol. The van der Waals surface area contributed by atoms with E-state index in [1.807, 2.05) is 12.1 Å². The number of halogens is 1. The third-order valence-electron chi connectivity index (χ3n) is 4.34. The van der Waals surface area contributed by atoms with E-state index in [4.69, 9.17) is 0 Å². The van der Waals surface area contributed by atoms with Crippen molar-refractivity contribution in [3.63, 3.8) is 0 Å². The second-order valence-electron chi connectivity index (χ2n) is 5.90. The molecule has 3 heteroatoms. The molecule has 2 N–H and O–H groups in total. The summed E-state index contributed by atoms with van der Waals surface area (Å²) in [6, 6.07) is 17.0. The van der Waals surface area contributed by atoms with Gasteiger partial charge in [-0.3, -0.25) is 0 Å². The highest BCUT2D eigenvalue weighted by Gasteiger charge is 2.31. The monoisotopic (exact) mass is 345 g/mol. The highest BCUT2D eigenvalue weighted by molar-refractivity contribution is 9.10. The Bertz CT molecular complexity index is 605. The Morgan fingerprint density at radius 2 is 1.86 bits per heavy atom. The zero-order chi connectivity index (χ0) is 14.8. The lowest BCUT2D eigenvalue weighted by Crippen LogP contribution is -2.41. The van der Waals surface area contributed by atoms with Gasteiger partial charge in [-0.2, -0.15) is 0 Å². The van der Waals surface area contributed by atoms with Gasteiger partial charge in [-0.05, 0) is 61.1 Å². The van der Waals surface area contributed by atoms with Gasteiger partial charge in [0.1, 0.15) is 5.75 Å². The van der Waals surface area contributed by atoms with E-state index in [1.54, 1.807) is 6.07 Å². The van der Waals surface area contributed by atoms with E-state index in [1.165, 1.54) is 18.4 Å². The molecule has 1 atom stereocenters. The summed E-state index contributed by atoms with van der Waals surface area (Å²) in [6.45, 7) is 2.15. The van der Waals surface area contributed by atoms with Crippen molar-refractivity contribution < 1.29 is 5.11 Å². The van der Waals surface area contributed by atoms with Crippen molar-refractivity contribution in [3.05, 3.63) is 64.1 Å². The predicted octanol–water partition coefficient (Wildman–Crippen LogP) is 4.75. The number of aromatic hydroxyl groups is 1. The molecule has 1 fully saturated rings. The van der Waals surface area contributed by atoms with Crippen molar-refractivity contribution in [2.45, 2.75) is 37.8 Å². The molecule has 1 aliphatic carbocycles. The van der Waals surface area contributed by atoms with E-state index in [-0.39, 0.29) is 6.04 Å². The van der Waals surface area contributed by atoms with Gasteiger partial charge in [0.15, 0.2) is 0 Å². The summed E-state index contributed by atoms with van der Waals surface area (Å²) in [7, 11) is 0. The molecule has 0 bridgehead atoms. The van der Waals surface area contributed by atoms with Gasteiger partial charge in [0.25, 0.3) is 0 Å². The topological polar surface area (TPSA) is 32.3 Å². The summed E-state index contributed by atoms with van der Waals surface area (Å²) in [4.78, 5) is 0. The van der Waals surface area contributed by atoms with Crippen molar-refractivity contribution in [2.75, 3.05) is 0 Å². The number of hydrogen-bond donors (Lipinski definition) is 2. The van der Waals surface area contributed by atoms with Crippen LogP contribution in [0.25, 0.3) is 0 Å². The van der Waals surface area contributed by atoms with Gasteiger partial charge < -0.3 is 10.4 Å². The van der Waals surface area contributed by atoms with E-state index < -0.39 is 0 Å². The molecule has 0 aromatic heterocycles. The molecule has 0 saturated heterocycles. The Balaban J connectivity index is 1.54. The minimum absolute atomic E-state index is 0.271. The maximum atomic E-state index is 9.55. The van der Waals surface area contributed by atoms with Crippen LogP contribution in [0.1, 0.15) is 42.9 Å². The number of phenols is 1. The van der Waals surface area contributed by atoms with Gasteiger partial charge in [0.05, 0.1) is 0 Å². The van der Waals surface area contributed by atoms with Gasteiger partial charge in [-0.25, -0.2) is 0 Å². The first-order valence-corrected chi connectivity index (χ1v) is 8.21. The number of benzene rings is 2. The van der Waals surface area contributed by atoms with E-state index in [9.17, 15) is 5.11 Å². The number of nitrogens with one attached hydrogen (secondary N) is 1. The van der Waals surface area contributed by atoms with E-state index >= 15 is 0 Å². The average Bonchev–Trinajstić information content (AvgIpc) is 2.43. The van der Waals surface area contributed by atoms with Gasteiger partial charge in [0.2, 0.25) is 0 Å². The van der Waals surface area contributed by atoms with Gasteiger partial charge in [0, 0.05) is 16.6 Å². The van der Waals surface area contributed by atoms with E-state index in [0.717, 1.165) is 10.0 Å². The normalized spacial score (nSPS) is 22.6. The zero-order valence-corrected chi connectivity index (χ0v) is 13.7. The lowest BCUT2D eigenvalue weighted by atomic mass is 9.75. The molecule has 2 aromatic carbocycles. The van der Waals surface area contributed by atoms with E-state index in [0.29, 0.717) is 17.7 Å². The van der Waals surface area contributed by atoms with Gasteiger partial charge >= 0.3 is 0 Å². The first-order chi connectivity index (χ1) is 10.1. The van der Waals surface area contributed by atoms with Crippen LogP contribution in [-0.4, -0.2) is 11.1 Å². The van der Waals surface area contributed by atoms with Gasteiger partial charge in [-0.15, -0.1) is 0 Å². The summed E-state index contributed by atoms with van der Waals surface area (Å²) < 4.78 is 1.14. The van der Waals surface area contributed by atoms with Crippen molar-refractivity contribution in [3.8, 4) is 5.75 Å². The molecule has 0 aliphatic heterocycles. The van der Waals surface area contributed by atoms with Crippen LogP contribution in [0.4, 0.5) is 0 Å². The molecule has 0 heterocycles. The summed E-state index contributed by atoms with van der Waals surface area (Å²) in [5.74, 6) is 1.01. The molecule has 110 valence electrons. The quantitative estimate of drug-likeness (QED) is 0.837. The smallest absolute Gasteiger partial charge is 0.115 e. The van der Waals surface area contributed by atoms with Crippen molar-refractivity contribution in [2.24, 2.45) is 0 Å². The maximum Gasteiger partial charge on any atom is 0.115 e. The molecule has 0 spiro atoms. The molecule has 21 heavy (non-hydrogen) atoms. The first kappa shape index (κ1) is 14.6. The number of hydrogen-bond acceptors (Lipinski definition) is 2. The zero-order valence-electron chi connectivity index (χ0n) is 12.1. The van der Waals surface area contributed by atoms with Crippen LogP contribution in [0.3, 0.4) is 0 Å². The Morgan fingerprint density at radius 1 is 1.14 bits per heavy atom. The standard InChI is InChI=1S/C18H20BrNO/c1-12(14-3-2-4-18(21)11-14)20-17-9-15(10-17)13-5-7-16(19)8-6-13/h2-8,11-12,15,17,20-21H,9-10H2,1H3. The Labute approximate surface area is 134 Å². The Kier molecular flexibility index (Phi) is 4.32. The van der Waals surface area contributed by atoms with Crippen LogP contribution in [0.5, 0.6) is 5.75 Å². The van der Waals surface area contributed by atoms with Crippen LogP contribution in [0.15, 0.2) is 53.0 Å². The fraction of sp³-hybridized carbons (Fsp3) is 0.333. The maximum absolute atomic E-state index is 9.55. The average molecular weight is 346 g/mol. The van der Waals surface area contributed by atoms with Crippen LogP contribution < -0.4 is 5.32 Å². The summed E-state index contributed by atoms with van der Waals surface area (Å²) in [5.41, 5.74) is 2.57. The Morgan fingerprint density at radius 3 is 2.52 bits per heavy atom. The predicted molar refractivity (Wildman–Crippen MR) is 89.6 cm³/mol. The fourth-order valence-corrected chi connectivity index (χ4v) is 3.27. The highest BCUT2D eigenvalue weighted by Crippen LogP contribution is 2.38. The molecule has 3 rings (SSSR count). The molecule has 2 nitrogen and oxygen atoms in total. The molecule has 1 aliphatic rings. The lowest BCUT2D eigenvalue weighted by Gasteiger charge is -2.38. The molecule has 0 radical (unpaired) electrons. The summed E-state index contributed by atoms with van der Waals surface area (Å²) in [5, 5.41) is 13.2. The molecule has 1 saturated carbocycles. The minimum atomic E-state index is 0.271. The molecule has 1 unspecified atom stereocenters. The van der Waals surface area contributed by atoms with Crippen LogP contribution in [0.2, 0.25) is 0 Å². The van der Waals surface area contributed by atoms with Crippen molar-refractivity contribution in [1.82, 2.24) is 5.32 Å². The molecular formula is C18H20BrNO. The lowest BCUT2D eigenvalue weighted by molar-refractivity contribution is 0.270. The summed E-state index contributed by atoms with van der Waals surface area (Å²) >= 11 is 3.48. The SMILES string of the molecule is CC(NC1CC(c2ccc(Br)cc2)C1)c1cccc(O)c1. The molecule has 2 aromatic rings. The highest BCUT2D eigenvalue weighted by atomic mass is 79.9. The minimum Gasteiger partial charge on any atom is -0.508 e. The number of rotatable bonds is 4. The largest absolute Gasteiger partial charge is 0.508 e. The van der Waals surface area contributed by atoms with Crippen LogP contribution in [0, 0.1) is 0 Å². The third kappa shape index (κ3) is 3.47. The van der Waals surface area contributed by atoms with Crippen LogP contribution >= 0.6 is 15.9 Å². The van der Waals surface area contributed by atoms with Crippen LogP contribution in [-0.2, 0) is 0 Å². The van der Waals surface area contributed by atoms with Gasteiger partial charge in [-0.1, -0.05) is 40.2 Å².